The first-order valence-electron chi connectivity index (χ1n) is 9.80. The number of Topliss-reactive ketones (excluding diaryl/α,β-unsaturated/α-hetero) is 2. The molecule has 12 nitrogen and oxygen atoms in total. The van der Waals surface area contributed by atoms with Crippen molar-refractivity contribution in [3.05, 3.63) is 45.7 Å². The maximum Gasteiger partial charge on any atom is 0.425 e. The van der Waals surface area contributed by atoms with Crippen LogP contribution >= 0.6 is 11.6 Å². The largest absolute Gasteiger partial charge is 0.508 e. The first-order valence-corrected chi connectivity index (χ1v) is 11.2. The average Bonchev–Trinajstić information content (AvgIpc) is 2.72. The molecule has 0 spiro atoms. The molecule has 35 heavy (non-hydrogen) atoms. The summed E-state index contributed by atoms with van der Waals surface area (Å²) in [4.78, 5) is 39.7. The number of benzene rings is 2. The zero-order valence-electron chi connectivity index (χ0n) is 18.1. The molecule has 2 aromatic rings. The van der Waals surface area contributed by atoms with Crippen LogP contribution in [-0.2, 0) is 26.6 Å². The lowest BCUT2D eigenvalue weighted by Crippen LogP contribution is -2.64. The third-order valence-electron chi connectivity index (χ3n) is 6.13. The van der Waals surface area contributed by atoms with E-state index in [1.807, 2.05) is 0 Å². The number of aromatic hydroxyl groups is 2. The van der Waals surface area contributed by atoms with Crippen LogP contribution in [0, 0.1) is 5.92 Å². The van der Waals surface area contributed by atoms with E-state index in [1.165, 1.54) is 37.2 Å². The van der Waals surface area contributed by atoms with Crippen LogP contribution in [0.1, 0.15) is 15.9 Å². The minimum absolute atomic E-state index is 0.101. The second kappa shape index (κ2) is 8.92. The molecule has 0 unspecified atom stereocenters. The molecule has 0 aromatic heterocycles. The summed E-state index contributed by atoms with van der Waals surface area (Å²) >= 11 is 6.21. The summed E-state index contributed by atoms with van der Waals surface area (Å²) in [6.07, 6.45) is -0.113. The van der Waals surface area contributed by atoms with Gasteiger partial charge in [0.15, 0.2) is 11.4 Å². The first kappa shape index (κ1) is 26.1. The monoisotopic (exact) mass is 526 g/mol. The SMILES string of the molecule is CN(C)[C@@H]1C(=O)C(C(N)=O)=C(O)[C@@]2(O)C(=O)c3c(cc4c(Cl)ccc(O)c4c3O)C[C@@H]12.O=S(=O)=O. The van der Waals surface area contributed by atoms with Crippen molar-refractivity contribution in [1.82, 2.24) is 4.90 Å². The van der Waals surface area contributed by atoms with Gasteiger partial charge in [-0.15, -0.1) is 12.6 Å². The van der Waals surface area contributed by atoms with Crippen molar-refractivity contribution in [3.63, 3.8) is 0 Å². The van der Waals surface area contributed by atoms with E-state index in [4.69, 9.17) is 30.0 Å². The lowest BCUT2D eigenvalue weighted by atomic mass is 9.62. The highest BCUT2D eigenvalue weighted by atomic mass is 35.5. The summed E-state index contributed by atoms with van der Waals surface area (Å²) in [5.74, 6) is -6.51. The molecule has 6 N–H and O–H groups in total. The Morgan fingerprint density at radius 2 is 1.74 bits per heavy atom. The van der Waals surface area contributed by atoms with Gasteiger partial charge in [-0.25, -0.2) is 0 Å². The van der Waals surface area contributed by atoms with E-state index in [1.54, 1.807) is 0 Å². The highest BCUT2D eigenvalue weighted by Gasteiger charge is 2.62. The van der Waals surface area contributed by atoms with Crippen LogP contribution in [0.25, 0.3) is 10.8 Å². The van der Waals surface area contributed by atoms with Gasteiger partial charge < -0.3 is 26.2 Å². The third kappa shape index (κ3) is 3.91. The van der Waals surface area contributed by atoms with E-state index in [0.717, 1.165) is 0 Å². The fourth-order valence-corrected chi connectivity index (χ4v) is 4.96. The second-order valence-electron chi connectivity index (χ2n) is 8.22. The van der Waals surface area contributed by atoms with Crippen LogP contribution in [0.4, 0.5) is 0 Å². The Morgan fingerprint density at radius 1 is 1.17 bits per heavy atom. The molecule has 0 bridgehead atoms. The number of ketones is 2. The van der Waals surface area contributed by atoms with Crippen molar-refractivity contribution in [2.45, 2.75) is 18.1 Å². The summed E-state index contributed by atoms with van der Waals surface area (Å²) in [5, 5.41) is 43.5. The number of aliphatic hydroxyl groups excluding tert-OH is 1. The molecule has 2 aliphatic rings. The zero-order chi connectivity index (χ0) is 26.6. The first-order chi connectivity index (χ1) is 16.2. The van der Waals surface area contributed by atoms with E-state index in [-0.39, 0.29) is 39.1 Å². The number of primary amides is 1. The van der Waals surface area contributed by atoms with Gasteiger partial charge in [-0.3, -0.25) is 19.3 Å². The van der Waals surface area contributed by atoms with Gasteiger partial charge in [-0.05, 0) is 44.3 Å². The van der Waals surface area contributed by atoms with Gasteiger partial charge in [-0.1, -0.05) is 11.6 Å². The number of phenolic OH excluding ortho intramolecular Hbond substituents is 2. The van der Waals surface area contributed by atoms with Crippen LogP contribution < -0.4 is 5.73 Å². The highest BCUT2D eigenvalue weighted by Crippen LogP contribution is 2.50. The molecular weight excluding hydrogens is 508 g/mol. The smallest absolute Gasteiger partial charge is 0.425 e. The summed E-state index contributed by atoms with van der Waals surface area (Å²) in [5.41, 5.74) is 1.64. The second-order valence-corrected chi connectivity index (χ2v) is 9.03. The van der Waals surface area contributed by atoms with E-state index < -0.39 is 62.7 Å². The maximum absolute atomic E-state index is 13.5. The molecule has 3 atom stereocenters. The van der Waals surface area contributed by atoms with Crippen LogP contribution in [0.15, 0.2) is 29.5 Å². The Hall–Kier alpha value is -3.52. The third-order valence-corrected chi connectivity index (χ3v) is 6.46. The van der Waals surface area contributed by atoms with E-state index >= 15 is 0 Å². The Labute approximate surface area is 203 Å². The summed E-state index contributed by atoms with van der Waals surface area (Å²) in [6, 6.07) is 3.00. The van der Waals surface area contributed by atoms with Crippen LogP contribution in [0.2, 0.25) is 5.02 Å². The average molecular weight is 527 g/mol. The Balaban J connectivity index is 0.000000795. The number of carbonyl (C=O) groups excluding carboxylic acids is 3. The Kier molecular flexibility index (Phi) is 6.65. The predicted molar refractivity (Wildman–Crippen MR) is 120 cm³/mol. The van der Waals surface area contributed by atoms with E-state index in [0.29, 0.717) is 0 Å². The molecule has 14 heteroatoms. The van der Waals surface area contributed by atoms with Gasteiger partial charge in [-0.2, -0.15) is 0 Å². The number of aliphatic hydroxyl groups is 2. The fraction of sp³-hybridized carbons (Fsp3) is 0.286. The number of halogens is 1. The quantitative estimate of drug-likeness (QED) is 0.323. The van der Waals surface area contributed by atoms with E-state index in [9.17, 15) is 34.8 Å². The predicted octanol–water partition coefficient (Wildman–Crippen LogP) is -0.203. The molecule has 1 amide bonds. The maximum atomic E-state index is 13.5. The molecule has 186 valence electrons. The van der Waals surface area contributed by atoms with Gasteiger partial charge in [0, 0.05) is 16.3 Å². The molecule has 4 rings (SSSR count). The van der Waals surface area contributed by atoms with Gasteiger partial charge in [0.1, 0.15) is 22.8 Å². The molecule has 0 fully saturated rings. The van der Waals surface area contributed by atoms with Gasteiger partial charge in [0.2, 0.25) is 5.78 Å². The minimum Gasteiger partial charge on any atom is -0.508 e. The number of hydrogen-bond acceptors (Lipinski definition) is 11. The van der Waals surface area contributed by atoms with Crippen LogP contribution in [0.3, 0.4) is 0 Å². The van der Waals surface area contributed by atoms with Crippen molar-refractivity contribution >= 4 is 50.5 Å². The highest BCUT2D eigenvalue weighted by molar-refractivity contribution is 7.59. The van der Waals surface area contributed by atoms with Gasteiger partial charge in [0.05, 0.1) is 17.0 Å². The van der Waals surface area contributed by atoms with Crippen LogP contribution in [0.5, 0.6) is 11.5 Å². The van der Waals surface area contributed by atoms with Crippen LogP contribution in [-0.4, -0.2) is 81.2 Å². The molecule has 2 aromatic carbocycles. The number of carbonyl (C=O) groups is 3. The molecular formula is C21H19ClN2O10S. The lowest BCUT2D eigenvalue weighted by molar-refractivity contribution is -0.132. The zero-order valence-corrected chi connectivity index (χ0v) is 19.7. The van der Waals surface area contributed by atoms with Crippen molar-refractivity contribution in [1.29, 1.82) is 0 Å². The number of likely N-dealkylation sites (N-methyl/N-ethyl adjacent to an activating group) is 1. The number of nitrogens with zero attached hydrogens (tertiary/aromatic N) is 1. The van der Waals surface area contributed by atoms with Crippen molar-refractivity contribution in [2.24, 2.45) is 11.7 Å². The standard InChI is InChI=1S/C21H19ClN2O7.O3S/c1-24(2)15-9-6-7-5-8-10(22)3-4-11(25)13(8)16(26)12(7)18(28)21(9,31)19(29)14(17(15)27)20(23)30;1-4(2)3/h3-5,9,15,25-26,29,31H,6H2,1-2H3,(H2,23,30);/t9-,15-,21-;/m0./s1. The number of phenols is 2. The summed E-state index contributed by atoms with van der Waals surface area (Å²) < 4.78 is 25.3. The molecule has 2 aliphatic carbocycles. The topological polar surface area (TPSA) is 213 Å². The van der Waals surface area contributed by atoms with Gasteiger partial charge in [0.25, 0.3) is 5.91 Å². The Bertz CT molecular complexity index is 1440. The molecule has 0 radical (unpaired) electrons. The van der Waals surface area contributed by atoms with Crippen molar-refractivity contribution in [2.75, 3.05) is 14.1 Å². The fourth-order valence-electron chi connectivity index (χ4n) is 4.75. The number of amides is 1. The summed E-state index contributed by atoms with van der Waals surface area (Å²) in [6.45, 7) is 0. The Morgan fingerprint density at radius 3 is 2.26 bits per heavy atom. The molecule has 0 heterocycles. The number of fused-ring (bicyclic) bond motifs is 3. The lowest BCUT2D eigenvalue weighted by Gasteiger charge is -2.47. The number of hydrogen-bond donors (Lipinski definition) is 5. The number of nitrogens with two attached hydrogens (primary N) is 1. The summed E-state index contributed by atoms with van der Waals surface area (Å²) in [7, 11) is -0.0620. The van der Waals surface area contributed by atoms with Crippen molar-refractivity contribution in [3.8, 4) is 11.5 Å². The van der Waals surface area contributed by atoms with Crippen molar-refractivity contribution < 1.29 is 47.4 Å². The normalized spacial score (nSPS) is 23.5. The number of rotatable bonds is 2. The van der Waals surface area contributed by atoms with Gasteiger partial charge >= 0.3 is 10.6 Å². The molecule has 0 saturated carbocycles. The molecule has 0 aliphatic heterocycles. The molecule has 0 saturated heterocycles. The van der Waals surface area contributed by atoms with E-state index in [2.05, 4.69) is 0 Å². The minimum atomic E-state index is -3.11.